The molecule has 4 heteroatoms. The molecule has 2 amide bonds. The Morgan fingerprint density at radius 3 is 2.35 bits per heavy atom. The molecule has 0 N–H and O–H groups in total. The van der Waals surface area contributed by atoms with E-state index in [9.17, 15) is 14.4 Å². The summed E-state index contributed by atoms with van der Waals surface area (Å²) in [5.41, 5.74) is 1.86. The van der Waals surface area contributed by atoms with Crippen LogP contribution in [0.25, 0.3) is 0 Å². The summed E-state index contributed by atoms with van der Waals surface area (Å²) in [5, 5.41) is 0. The van der Waals surface area contributed by atoms with Gasteiger partial charge >= 0.3 is 0 Å². The normalized spacial score (nSPS) is 32.6. The third-order valence-corrected chi connectivity index (χ3v) is 5.80. The van der Waals surface area contributed by atoms with Crippen molar-refractivity contribution in [2.24, 2.45) is 23.7 Å². The van der Waals surface area contributed by atoms with Crippen LogP contribution in [0.3, 0.4) is 0 Å². The van der Waals surface area contributed by atoms with Gasteiger partial charge in [0.2, 0.25) is 11.8 Å². The first-order chi connectivity index (χ1) is 11.1. The molecule has 4 atom stereocenters. The fourth-order valence-electron chi connectivity index (χ4n) is 4.74. The number of Topliss-reactive ketones (excluding diaryl/α,β-unsaturated/α-hetero) is 1. The van der Waals surface area contributed by atoms with E-state index in [1.165, 1.54) is 10.5 Å². The van der Waals surface area contributed by atoms with Crippen LogP contribution in [0.15, 0.2) is 24.3 Å². The fourth-order valence-corrected chi connectivity index (χ4v) is 4.74. The van der Waals surface area contributed by atoms with Crippen LogP contribution in [0.5, 0.6) is 0 Å². The lowest BCUT2D eigenvalue weighted by molar-refractivity contribution is -0.143. The van der Waals surface area contributed by atoms with Crippen molar-refractivity contribution in [3.63, 3.8) is 0 Å². The van der Waals surface area contributed by atoms with Gasteiger partial charge in [0.05, 0.1) is 17.5 Å². The molecule has 4 aliphatic rings. The second kappa shape index (κ2) is 5.29. The zero-order valence-corrected chi connectivity index (χ0v) is 13.3. The molecule has 0 unspecified atom stereocenters. The smallest absolute Gasteiger partial charge is 0.238 e. The summed E-state index contributed by atoms with van der Waals surface area (Å²) < 4.78 is 0. The van der Waals surface area contributed by atoms with Gasteiger partial charge in [-0.1, -0.05) is 25.5 Å². The van der Waals surface area contributed by atoms with E-state index in [2.05, 4.69) is 6.92 Å². The SMILES string of the molecule is CCCc1ccc(N2C(=O)[C@H]3[C@@H]4CC[C@@H](C(=O)C4)[C@H]3C2=O)cc1. The number of rotatable bonds is 3. The Morgan fingerprint density at radius 2 is 1.70 bits per heavy atom. The summed E-state index contributed by atoms with van der Waals surface area (Å²) in [6.45, 7) is 2.12. The van der Waals surface area contributed by atoms with Crippen LogP contribution in [0.2, 0.25) is 0 Å². The molecule has 3 saturated carbocycles. The number of anilines is 1. The molecule has 1 aliphatic heterocycles. The number of hydrogen-bond acceptors (Lipinski definition) is 3. The van der Waals surface area contributed by atoms with Crippen molar-refractivity contribution in [3.05, 3.63) is 29.8 Å². The van der Waals surface area contributed by atoms with E-state index in [-0.39, 0.29) is 35.4 Å². The quantitative estimate of drug-likeness (QED) is 0.807. The Hall–Kier alpha value is -1.97. The minimum absolute atomic E-state index is 0.0679. The molecule has 4 nitrogen and oxygen atoms in total. The van der Waals surface area contributed by atoms with Gasteiger partial charge < -0.3 is 0 Å². The summed E-state index contributed by atoms with van der Waals surface area (Å²) in [6.07, 6.45) is 4.21. The van der Waals surface area contributed by atoms with Crippen molar-refractivity contribution in [2.75, 3.05) is 4.90 Å². The Labute approximate surface area is 135 Å². The molecule has 1 aromatic rings. The number of aryl methyl sites for hydroxylation is 1. The van der Waals surface area contributed by atoms with Crippen LogP contribution >= 0.6 is 0 Å². The standard InChI is InChI=1S/C19H21NO3/c1-2-3-11-4-7-13(8-5-11)20-18(22)16-12-6-9-14(15(21)10-12)17(16)19(20)23/h4-5,7-8,12,14,16-17H,2-3,6,9-10H2,1H3/t12-,14+,16+,17-/m1/s1. The van der Waals surface area contributed by atoms with Gasteiger partial charge in [-0.15, -0.1) is 0 Å². The minimum atomic E-state index is -0.405. The summed E-state index contributed by atoms with van der Waals surface area (Å²) >= 11 is 0. The third kappa shape index (κ3) is 2.07. The molecule has 2 bridgehead atoms. The lowest BCUT2D eigenvalue weighted by Gasteiger charge is -2.41. The summed E-state index contributed by atoms with van der Waals surface area (Å²) in [7, 11) is 0. The molecule has 5 rings (SSSR count). The molecule has 1 heterocycles. The molecule has 4 fully saturated rings. The number of imide groups is 1. The average Bonchev–Trinajstić information content (AvgIpc) is 2.82. The van der Waals surface area contributed by atoms with E-state index in [1.54, 1.807) is 0 Å². The van der Waals surface area contributed by atoms with Gasteiger partial charge in [-0.2, -0.15) is 0 Å². The van der Waals surface area contributed by atoms with Crippen LogP contribution < -0.4 is 4.90 Å². The number of carbonyl (C=O) groups is 3. The van der Waals surface area contributed by atoms with Crippen molar-refractivity contribution in [2.45, 2.75) is 39.0 Å². The second-order valence-electron chi connectivity index (χ2n) is 7.09. The predicted molar refractivity (Wildman–Crippen MR) is 85.7 cm³/mol. The maximum absolute atomic E-state index is 12.9. The molecule has 0 spiro atoms. The van der Waals surface area contributed by atoms with Crippen LogP contribution in [-0.2, 0) is 20.8 Å². The Kier molecular flexibility index (Phi) is 3.36. The Bertz CT molecular complexity index is 678. The topological polar surface area (TPSA) is 54.5 Å². The molecular weight excluding hydrogens is 290 g/mol. The van der Waals surface area contributed by atoms with Crippen molar-refractivity contribution in [1.82, 2.24) is 0 Å². The van der Waals surface area contributed by atoms with Crippen LogP contribution in [0.1, 0.15) is 38.2 Å². The zero-order valence-electron chi connectivity index (χ0n) is 13.3. The van der Waals surface area contributed by atoms with Crippen LogP contribution in [0.4, 0.5) is 5.69 Å². The molecule has 23 heavy (non-hydrogen) atoms. The van der Waals surface area contributed by atoms with Gasteiger partial charge in [0.1, 0.15) is 5.78 Å². The number of ketones is 1. The Morgan fingerprint density at radius 1 is 1.00 bits per heavy atom. The van der Waals surface area contributed by atoms with Crippen LogP contribution in [0, 0.1) is 23.7 Å². The van der Waals surface area contributed by atoms with E-state index in [1.807, 2.05) is 24.3 Å². The van der Waals surface area contributed by atoms with Gasteiger partial charge in [-0.25, -0.2) is 0 Å². The minimum Gasteiger partial charge on any atom is -0.299 e. The molecule has 1 saturated heterocycles. The van der Waals surface area contributed by atoms with Crippen molar-refractivity contribution in [1.29, 1.82) is 0 Å². The molecule has 0 radical (unpaired) electrons. The average molecular weight is 311 g/mol. The Balaban J connectivity index is 1.67. The van der Waals surface area contributed by atoms with Gasteiger partial charge in [0.15, 0.2) is 0 Å². The number of hydrogen-bond donors (Lipinski definition) is 0. The first kappa shape index (κ1) is 14.6. The number of carbonyl (C=O) groups excluding carboxylic acids is 3. The monoisotopic (exact) mass is 311 g/mol. The van der Waals surface area contributed by atoms with Crippen LogP contribution in [-0.4, -0.2) is 17.6 Å². The highest BCUT2D eigenvalue weighted by atomic mass is 16.2. The van der Waals surface area contributed by atoms with E-state index in [4.69, 9.17) is 0 Å². The van der Waals surface area contributed by atoms with E-state index in [0.717, 1.165) is 25.7 Å². The lowest BCUT2D eigenvalue weighted by atomic mass is 9.59. The number of fused-ring (bicyclic) bond motifs is 2. The lowest BCUT2D eigenvalue weighted by Crippen LogP contribution is -2.46. The first-order valence-electron chi connectivity index (χ1n) is 8.61. The predicted octanol–water partition coefficient (Wildman–Crippen LogP) is 2.74. The van der Waals surface area contributed by atoms with Gasteiger partial charge in [-0.3, -0.25) is 19.3 Å². The number of benzene rings is 1. The van der Waals surface area contributed by atoms with Gasteiger partial charge in [0, 0.05) is 12.3 Å². The van der Waals surface area contributed by atoms with E-state index < -0.39 is 5.92 Å². The molecular formula is C19H21NO3. The summed E-state index contributed by atoms with van der Waals surface area (Å²) in [6, 6.07) is 7.70. The van der Waals surface area contributed by atoms with Gasteiger partial charge in [-0.05, 0) is 42.9 Å². The highest BCUT2D eigenvalue weighted by Gasteiger charge is 2.60. The summed E-state index contributed by atoms with van der Waals surface area (Å²) in [5.74, 6) is -0.906. The highest BCUT2D eigenvalue weighted by molar-refractivity contribution is 6.23. The van der Waals surface area contributed by atoms with Crippen molar-refractivity contribution < 1.29 is 14.4 Å². The van der Waals surface area contributed by atoms with Crippen molar-refractivity contribution in [3.8, 4) is 0 Å². The largest absolute Gasteiger partial charge is 0.299 e. The fraction of sp³-hybridized carbons (Fsp3) is 0.526. The van der Waals surface area contributed by atoms with E-state index in [0.29, 0.717) is 12.1 Å². The number of nitrogens with zero attached hydrogens (tertiary/aromatic N) is 1. The summed E-state index contributed by atoms with van der Waals surface area (Å²) in [4.78, 5) is 39.2. The zero-order chi connectivity index (χ0) is 16.1. The van der Waals surface area contributed by atoms with Gasteiger partial charge in [0.25, 0.3) is 0 Å². The maximum atomic E-state index is 12.9. The molecule has 120 valence electrons. The number of amides is 2. The molecule has 0 aromatic heterocycles. The highest BCUT2D eigenvalue weighted by Crippen LogP contribution is 2.52. The maximum Gasteiger partial charge on any atom is 0.238 e. The van der Waals surface area contributed by atoms with E-state index >= 15 is 0 Å². The molecule has 1 aromatic carbocycles. The second-order valence-corrected chi connectivity index (χ2v) is 7.09. The first-order valence-corrected chi connectivity index (χ1v) is 8.61. The molecule has 3 aliphatic carbocycles. The third-order valence-electron chi connectivity index (χ3n) is 5.80. The van der Waals surface area contributed by atoms with Crippen molar-refractivity contribution >= 4 is 23.3 Å².